The van der Waals surface area contributed by atoms with E-state index in [-0.39, 0.29) is 23.9 Å². The van der Waals surface area contributed by atoms with Crippen molar-refractivity contribution in [3.05, 3.63) is 33.3 Å². The molecule has 2 N–H and O–H groups in total. The zero-order valence-corrected chi connectivity index (χ0v) is 15.2. The van der Waals surface area contributed by atoms with E-state index < -0.39 is 6.10 Å². The maximum Gasteiger partial charge on any atom is 0.0777 e. The quantitative estimate of drug-likeness (QED) is 0.862. The molecule has 1 heterocycles. The molecule has 3 atom stereocenters. The molecular formula is C16H23Cl3N2O. The predicted octanol–water partition coefficient (Wildman–Crippen LogP) is 3.30. The number of likely N-dealkylation sites (N-methyl/N-ethyl adjacent to an activating group) is 1. The third-order valence-electron chi connectivity index (χ3n) is 4.85. The summed E-state index contributed by atoms with van der Waals surface area (Å²) in [5.41, 5.74) is 2.39. The van der Waals surface area contributed by atoms with Crippen LogP contribution in [0.15, 0.2) is 12.1 Å². The molecule has 3 rings (SSSR count). The van der Waals surface area contributed by atoms with Crippen molar-refractivity contribution in [2.45, 2.75) is 31.9 Å². The summed E-state index contributed by atoms with van der Waals surface area (Å²) in [4.78, 5) is 2.26. The van der Waals surface area contributed by atoms with Gasteiger partial charge in [0, 0.05) is 29.6 Å². The van der Waals surface area contributed by atoms with Crippen LogP contribution in [0.25, 0.3) is 0 Å². The normalized spacial score (nSPS) is 30.5. The molecule has 2 aliphatic rings. The van der Waals surface area contributed by atoms with E-state index in [4.69, 9.17) is 23.2 Å². The number of hydrogen-bond donors (Lipinski definition) is 2. The van der Waals surface area contributed by atoms with Gasteiger partial charge in [-0.1, -0.05) is 30.1 Å². The minimum atomic E-state index is -0.418. The molecule has 1 fully saturated rings. The second kappa shape index (κ2) is 6.84. The molecule has 1 aliphatic carbocycles. The molecule has 0 aromatic heterocycles. The summed E-state index contributed by atoms with van der Waals surface area (Å²) in [6, 6.07) is 3.70. The van der Waals surface area contributed by atoms with Gasteiger partial charge in [-0.2, -0.15) is 0 Å². The summed E-state index contributed by atoms with van der Waals surface area (Å²) in [6.07, 6.45) is 1.36. The minimum Gasteiger partial charge on any atom is -0.391 e. The van der Waals surface area contributed by atoms with Crippen LogP contribution in [0.1, 0.15) is 30.5 Å². The summed E-state index contributed by atoms with van der Waals surface area (Å²) < 4.78 is 0. The second-order valence-electron chi connectivity index (χ2n) is 6.82. The Morgan fingerprint density at radius 1 is 1.41 bits per heavy atom. The molecule has 22 heavy (non-hydrogen) atoms. The van der Waals surface area contributed by atoms with Crippen molar-refractivity contribution < 1.29 is 5.11 Å². The molecule has 3 nitrogen and oxygen atoms in total. The van der Waals surface area contributed by atoms with Crippen LogP contribution in [0.5, 0.6) is 0 Å². The second-order valence-corrected chi connectivity index (χ2v) is 7.67. The Hall–Kier alpha value is -0.0300. The first-order chi connectivity index (χ1) is 9.89. The van der Waals surface area contributed by atoms with E-state index in [1.54, 1.807) is 6.07 Å². The molecule has 1 aromatic carbocycles. The molecule has 0 amide bonds. The average Bonchev–Trinajstić information content (AvgIpc) is 2.93. The molecule has 6 heteroatoms. The van der Waals surface area contributed by atoms with E-state index in [9.17, 15) is 5.11 Å². The number of benzene rings is 1. The highest BCUT2D eigenvalue weighted by atomic mass is 35.5. The molecule has 3 unspecified atom stereocenters. The first-order valence-corrected chi connectivity index (χ1v) is 8.22. The van der Waals surface area contributed by atoms with Gasteiger partial charge in [0.1, 0.15) is 0 Å². The molecule has 0 saturated carbocycles. The summed E-state index contributed by atoms with van der Waals surface area (Å²) in [5, 5.41) is 15.2. The summed E-state index contributed by atoms with van der Waals surface area (Å²) in [7, 11) is 2.08. The third-order valence-corrected chi connectivity index (χ3v) is 5.41. The van der Waals surface area contributed by atoms with Crippen LogP contribution in [-0.4, -0.2) is 42.8 Å². The molecule has 0 bridgehead atoms. The topological polar surface area (TPSA) is 35.5 Å². The lowest BCUT2D eigenvalue weighted by Gasteiger charge is -2.35. The SMILES string of the molecule is CN(CC1(C)CCNC1)C1c2cc(Cl)cc(Cl)c2CC1O.Cl. The lowest BCUT2D eigenvalue weighted by Crippen LogP contribution is -2.40. The standard InChI is InChI=1S/C16H22Cl2N2O.ClH/c1-16(3-4-19-8-16)9-20(2)15-12-5-10(17)6-13(18)11(12)7-14(15)21;/h5-6,14-15,19,21H,3-4,7-9H2,1-2H3;1H. The van der Waals surface area contributed by atoms with Crippen molar-refractivity contribution in [3.63, 3.8) is 0 Å². The van der Waals surface area contributed by atoms with Crippen LogP contribution in [0.2, 0.25) is 10.0 Å². The molecule has 0 radical (unpaired) electrons. The number of rotatable bonds is 3. The predicted molar refractivity (Wildman–Crippen MR) is 94.4 cm³/mol. The van der Waals surface area contributed by atoms with E-state index in [1.807, 2.05) is 6.07 Å². The van der Waals surface area contributed by atoms with E-state index >= 15 is 0 Å². The van der Waals surface area contributed by atoms with Gasteiger partial charge in [-0.3, -0.25) is 4.90 Å². The number of aliphatic hydroxyl groups is 1. The van der Waals surface area contributed by atoms with Gasteiger partial charge in [0.2, 0.25) is 0 Å². The molecular weight excluding hydrogens is 343 g/mol. The van der Waals surface area contributed by atoms with Crippen LogP contribution in [0, 0.1) is 5.41 Å². The Morgan fingerprint density at radius 2 is 2.14 bits per heavy atom. The van der Waals surface area contributed by atoms with E-state index in [2.05, 4.69) is 24.2 Å². The van der Waals surface area contributed by atoms with Gasteiger partial charge in [0.25, 0.3) is 0 Å². The molecule has 0 spiro atoms. The maximum absolute atomic E-state index is 10.5. The van der Waals surface area contributed by atoms with Crippen molar-refractivity contribution in [1.82, 2.24) is 10.2 Å². The first kappa shape index (κ1) is 18.3. The summed E-state index contributed by atoms with van der Waals surface area (Å²) in [6.45, 7) is 5.36. The van der Waals surface area contributed by atoms with Gasteiger partial charge in [0.15, 0.2) is 0 Å². The van der Waals surface area contributed by atoms with Gasteiger partial charge in [-0.15, -0.1) is 12.4 Å². The van der Waals surface area contributed by atoms with Crippen molar-refractivity contribution in [3.8, 4) is 0 Å². The number of nitrogens with zero attached hydrogens (tertiary/aromatic N) is 1. The van der Waals surface area contributed by atoms with Gasteiger partial charge in [-0.25, -0.2) is 0 Å². The number of fused-ring (bicyclic) bond motifs is 1. The highest BCUT2D eigenvalue weighted by Crippen LogP contribution is 2.42. The lowest BCUT2D eigenvalue weighted by molar-refractivity contribution is 0.0554. The van der Waals surface area contributed by atoms with E-state index in [0.717, 1.165) is 30.8 Å². The summed E-state index contributed by atoms with van der Waals surface area (Å²) in [5.74, 6) is 0. The van der Waals surface area contributed by atoms with Crippen molar-refractivity contribution in [1.29, 1.82) is 0 Å². The molecule has 1 aromatic rings. The Bertz CT molecular complexity index is 546. The van der Waals surface area contributed by atoms with Crippen LogP contribution in [0.4, 0.5) is 0 Å². The average molecular weight is 366 g/mol. The maximum atomic E-state index is 10.5. The fourth-order valence-electron chi connectivity index (χ4n) is 3.87. The Labute approximate surface area is 148 Å². The van der Waals surface area contributed by atoms with Crippen molar-refractivity contribution in [2.75, 3.05) is 26.7 Å². The fraction of sp³-hybridized carbons (Fsp3) is 0.625. The first-order valence-electron chi connectivity index (χ1n) is 7.46. The van der Waals surface area contributed by atoms with E-state index in [0.29, 0.717) is 16.5 Å². The van der Waals surface area contributed by atoms with Gasteiger partial charge >= 0.3 is 0 Å². The molecule has 124 valence electrons. The smallest absolute Gasteiger partial charge is 0.0777 e. The van der Waals surface area contributed by atoms with Crippen molar-refractivity contribution in [2.24, 2.45) is 5.41 Å². The Morgan fingerprint density at radius 3 is 2.77 bits per heavy atom. The largest absolute Gasteiger partial charge is 0.391 e. The lowest BCUT2D eigenvalue weighted by atomic mass is 9.88. The van der Waals surface area contributed by atoms with Crippen molar-refractivity contribution >= 4 is 35.6 Å². The van der Waals surface area contributed by atoms with Gasteiger partial charge in [0.05, 0.1) is 12.1 Å². The number of halogens is 3. The van der Waals surface area contributed by atoms with Crippen LogP contribution < -0.4 is 5.32 Å². The number of hydrogen-bond acceptors (Lipinski definition) is 3. The summed E-state index contributed by atoms with van der Waals surface area (Å²) >= 11 is 12.4. The number of aliphatic hydroxyl groups excluding tert-OH is 1. The number of nitrogens with one attached hydrogen (secondary N) is 1. The zero-order valence-electron chi connectivity index (χ0n) is 12.9. The monoisotopic (exact) mass is 364 g/mol. The molecule has 1 aliphatic heterocycles. The molecule has 1 saturated heterocycles. The van der Waals surface area contributed by atoms with Crippen LogP contribution in [-0.2, 0) is 6.42 Å². The third kappa shape index (κ3) is 3.40. The Kier molecular flexibility index (Phi) is 5.69. The van der Waals surface area contributed by atoms with Crippen LogP contribution in [0.3, 0.4) is 0 Å². The van der Waals surface area contributed by atoms with Crippen LogP contribution >= 0.6 is 35.6 Å². The highest BCUT2D eigenvalue weighted by Gasteiger charge is 2.39. The minimum absolute atomic E-state index is 0. The fourth-order valence-corrected chi connectivity index (χ4v) is 4.45. The van der Waals surface area contributed by atoms with Gasteiger partial charge < -0.3 is 10.4 Å². The zero-order chi connectivity index (χ0) is 15.2. The highest BCUT2D eigenvalue weighted by molar-refractivity contribution is 6.35. The van der Waals surface area contributed by atoms with E-state index in [1.165, 1.54) is 6.42 Å². The van der Waals surface area contributed by atoms with Gasteiger partial charge in [-0.05, 0) is 48.7 Å². The Balaban J connectivity index is 0.00000176.